The molecule has 1 aromatic heterocycles. The number of ether oxygens (including phenoxy) is 1. The molecule has 0 unspecified atom stereocenters. The summed E-state index contributed by atoms with van der Waals surface area (Å²) in [4.78, 5) is 45.1. The molecule has 236 valence electrons. The van der Waals surface area contributed by atoms with E-state index in [1.54, 1.807) is 11.6 Å². The number of nitrogens with two attached hydrogens (primary N) is 1. The van der Waals surface area contributed by atoms with E-state index >= 15 is 0 Å². The van der Waals surface area contributed by atoms with Gasteiger partial charge < -0.3 is 26.4 Å². The zero-order valence-electron chi connectivity index (χ0n) is 26.2. The second kappa shape index (κ2) is 15.0. The second-order valence-corrected chi connectivity index (χ2v) is 12.3. The van der Waals surface area contributed by atoms with Crippen LogP contribution in [0.4, 0.5) is 0 Å². The Kier molecular flexibility index (Phi) is 11.1. The Morgan fingerprint density at radius 3 is 2.32 bits per heavy atom. The number of benzene rings is 2. The summed E-state index contributed by atoms with van der Waals surface area (Å²) in [6, 6.07) is 14.3. The fraction of sp³-hybridized carbons (Fsp3) is 0.485. The van der Waals surface area contributed by atoms with Crippen molar-refractivity contribution in [1.29, 1.82) is 0 Å². The molecule has 0 fully saturated rings. The molecule has 44 heavy (non-hydrogen) atoms. The van der Waals surface area contributed by atoms with Crippen molar-refractivity contribution in [2.45, 2.75) is 84.6 Å². The molecule has 11 nitrogen and oxygen atoms in total. The van der Waals surface area contributed by atoms with Crippen LogP contribution in [0.25, 0.3) is 0 Å². The Morgan fingerprint density at radius 1 is 0.955 bits per heavy atom. The van der Waals surface area contributed by atoms with Gasteiger partial charge in [-0.3, -0.25) is 14.4 Å². The maximum atomic E-state index is 13.9. The van der Waals surface area contributed by atoms with Crippen molar-refractivity contribution >= 4 is 17.7 Å². The Morgan fingerprint density at radius 2 is 1.66 bits per heavy atom. The summed E-state index contributed by atoms with van der Waals surface area (Å²) in [5, 5.41) is 13.6. The van der Waals surface area contributed by atoms with Crippen molar-refractivity contribution in [2.75, 3.05) is 6.61 Å². The quantitative estimate of drug-likeness (QED) is 0.350. The number of rotatable bonds is 5. The predicted octanol–water partition coefficient (Wildman–Crippen LogP) is 2.62. The molecule has 0 spiro atoms. The normalized spacial score (nSPS) is 22.1. The van der Waals surface area contributed by atoms with E-state index < -0.39 is 24.0 Å². The van der Waals surface area contributed by atoms with E-state index in [9.17, 15) is 14.4 Å². The van der Waals surface area contributed by atoms with Crippen LogP contribution in [0, 0.1) is 18.8 Å². The molecule has 0 saturated carbocycles. The highest BCUT2D eigenvalue weighted by molar-refractivity contribution is 5.90. The highest BCUT2D eigenvalue weighted by Crippen LogP contribution is 2.22. The van der Waals surface area contributed by atoms with Crippen molar-refractivity contribution in [1.82, 2.24) is 30.7 Å². The molecule has 2 aromatic carbocycles. The fourth-order valence-electron chi connectivity index (χ4n) is 5.35. The van der Waals surface area contributed by atoms with Gasteiger partial charge in [-0.1, -0.05) is 70.2 Å². The van der Waals surface area contributed by atoms with Crippen LogP contribution in [0.2, 0.25) is 0 Å². The Balaban J connectivity index is 1.69. The van der Waals surface area contributed by atoms with Gasteiger partial charge in [-0.25, -0.2) is 9.67 Å². The third-order valence-electron chi connectivity index (χ3n) is 7.55. The number of amides is 3. The SMILES string of the molecule is Cc1nc2n(n1)CC(=O)N[C@@H](CC(C)C)COc1ccc(cc1)C[C@@H](N)C(=O)N[C@@H](Cc1ccccc1)C(=O)N[C@H]2C(C)C. The minimum atomic E-state index is -0.892. The van der Waals surface area contributed by atoms with Crippen LogP contribution in [0.3, 0.4) is 0 Å². The molecule has 5 N–H and O–H groups in total. The molecule has 2 aliphatic rings. The summed E-state index contributed by atoms with van der Waals surface area (Å²) in [6.07, 6.45) is 1.28. The van der Waals surface area contributed by atoms with Gasteiger partial charge in [0, 0.05) is 6.42 Å². The van der Waals surface area contributed by atoms with Crippen LogP contribution < -0.4 is 26.4 Å². The van der Waals surface area contributed by atoms with Crippen LogP contribution in [-0.2, 0) is 33.8 Å². The Bertz CT molecular complexity index is 1410. The summed E-state index contributed by atoms with van der Waals surface area (Å²) < 4.78 is 7.59. The molecule has 2 bridgehead atoms. The number of hydrogen-bond donors (Lipinski definition) is 4. The van der Waals surface area contributed by atoms with Crippen molar-refractivity contribution in [3.05, 3.63) is 77.4 Å². The monoisotopic (exact) mass is 603 g/mol. The van der Waals surface area contributed by atoms with Gasteiger partial charge in [0.15, 0.2) is 5.82 Å². The number of nitrogens with one attached hydrogen (secondary N) is 3. The predicted molar refractivity (Wildman–Crippen MR) is 168 cm³/mol. The molecule has 0 radical (unpaired) electrons. The molecule has 5 rings (SSSR count). The van der Waals surface area contributed by atoms with E-state index in [2.05, 4.69) is 39.9 Å². The van der Waals surface area contributed by atoms with Gasteiger partial charge in [-0.2, -0.15) is 5.10 Å². The van der Waals surface area contributed by atoms with Gasteiger partial charge in [0.25, 0.3) is 0 Å². The van der Waals surface area contributed by atoms with Crippen molar-refractivity contribution < 1.29 is 19.1 Å². The second-order valence-electron chi connectivity index (χ2n) is 12.3. The first-order chi connectivity index (χ1) is 21.0. The molecule has 4 atom stereocenters. The average Bonchev–Trinajstić information content (AvgIpc) is 3.33. The van der Waals surface area contributed by atoms with Crippen molar-refractivity contribution in [3.8, 4) is 5.75 Å². The first-order valence-corrected chi connectivity index (χ1v) is 15.3. The van der Waals surface area contributed by atoms with E-state index in [-0.39, 0.29) is 43.2 Å². The standard InChI is InChI=1S/C33H45N7O4/c1-20(2)15-25-19-44-26-13-11-24(12-14-26)16-27(34)32(42)37-28(17-23-9-7-6-8-10-23)33(43)38-30(21(3)4)31-35-22(5)39-40(31)18-29(41)36-25/h6-14,20-21,25,27-28,30H,15-19,34H2,1-5H3,(H,36,41)(H,37,42)(H,38,43)/t25-,27+,28-,30-/m0/s1. The lowest BCUT2D eigenvalue weighted by Gasteiger charge is -2.27. The number of nitrogens with zero attached hydrogens (tertiary/aromatic N) is 3. The smallest absolute Gasteiger partial charge is 0.243 e. The lowest BCUT2D eigenvalue weighted by Crippen LogP contribution is -2.54. The third-order valence-corrected chi connectivity index (χ3v) is 7.55. The number of carbonyl (C=O) groups is 3. The maximum Gasteiger partial charge on any atom is 0.243 e. The minimum absolute atomic E-state index is 0.0718. The third kappa shape index (κ3) is 9.12. The average molecular weight is 604 g/mol. The zero-order valence-corrected chi connectivity index (χ0v) is 26.2. The van der Waals surface area contributed by atoms with E-state index in [1.807, 2.05) is 68.4 Å². The molecule has 0 saturated heterocycles. The van der Waals surface area contributed by atoms with Gasteiger partial charge in [0.05, 0.1) is 18.1 Å². The van der Waals surface area contributed by atoms with Crippen LogP contribution in [-0.4, -0.2) is 57.2 Å². The van der Waals surface area contributed by atoms with Crippen LogP contribution >= 0.6 is 0 Å². The molecular formula is C33H45N7O4. The van der Waals surface area contributed by atoms with Crippen molar-refractivity contribution in [2.24, 2.45) is 17.6 Å². The zero-order chi connectivity index (χ0) is 31.8. The molecule has 2 aliphatic heterocycles. The summed E-state index contributed by atoms with van der Waals surface area (Å²) in [5.74, 6) is 0.802. The highest BCUT2D eigenvalue weighted by Gasteiger charge is 2.31. The molecule has 0 aliphatic carbocycles. The highest BCUT2D eigenvalue weighted by atomic mass is 16.5. The summed E-state index contributed by atoms with van der Waals surface area (Å²) >= 11 is 0. The number of fused-ring (bicyclic) bond motifs is 14. The number of aryl methyl sites for hydroxylation is 1. The van der Waals surface area contributed by atoms with Gasteiger partial charge in [-0.15, -0.1) is 0 Å². The van der Waals surface area contributed by atoms with Gasteiger partial charge >= 0.3 is 0 Å². The number of aromatic nitrogens is 3. The largest absolute Gasteiger partial charge is 0.491 e. The Labute approximate surface area is 259 Å². The molecular weight excluding hydrogens is 558 g/mol. The minimum Gasteiger partial charge on any atom is -0.491 e. The van der Waals surface area contributed by atoms with Crippen LogP contribution in [0.1, 0.15) is 62.9 Å². The van der Waals surface area contributed by atoms with Crippen molar-refractivity contribution in [3.63, 3.8) is 0 Å². The van der Waals surface area contributed by atoms with Gasteiger partial charge in [-0.05, 0) is 54.9 Å². The van der Waals surface area contributed by atoms with E-state index in [0.29, 0.717) is 29.9 Å². The lowest BCUT2D eigenvalue weighted by atomic mass is 10.00. The first kappa shape index (κ1) is 32.7. The maximum absolute atomic E-state index is 13.9. The number of carbonyl (C=O) groups excluding carboxylic acids is 3. The van der Waals surface area contributed by atoms with E-state index in [0.717, 1.165) is 17.5 Å². The van der Waals surface area contributed by atoms with E-state index in [1.165, 1.54) is 0 Å². The lowest BCUT2D eigenvalue weighted by molar-refractivity contribution is -0.130. The van der Waals surface area contributed by atoms with Crippen LogP contribution in [0.5, 0.6) is 5.75 Å². The molecule has 11 heteroatoms. The summed E-state index contributed by atoms with van der Waals surface area (Å²) in [7, 11) is 0. The van der Waals surface area contributed by atoms with Gasteiger partial charge in [0.1, 0.15) is 30.8 Å². The number of hydrogen-bond acceptors (Lipinski definition) is 7. The van der Waals surface area contributed by atoms with E-state index in [4.69, 9.17) is 10.5 Å². The molecule has 3 aromatic rings. The van der Waals surface area contributed by atoms with Gasteiger partial charge in [0.2, 0.25) is 17.7 Å². The molecule has 3 heterocycles. The summed E-state index contributed by atoms with van der Waals surface area (Å²) in [6.45, 7) is 10.1. The Hall–Kier alpha value is -4.25. The van der Waals surface area contributed by atoms with Crippen LogP contribution in [0.15, 0.2) is 54.6 Å². The topological polar surface area (TPSA) is 153 Å². The summed E-state index contributed by atoms with van der Waals surface area (Å²) in [5.41, 5.74) is 8.09. The fourth-order valence-corrected chi connectivity index (χ4v) is 5.35. The molecule has 3 amide bonds. The first-order valence-electron chi connectivity index (χ1n) is 15.3.